The summed E-state index contributed by atoms with van der Waals surface area (Å²) in [5, 5.41) is 2.92. The minimum Gasteiger partial charge on any atom is -0.399 e. The first-order chi connectivity index (χ1) is 9.97. The number of nitrogen functional groups attached to an aromatic ring is 1. The fourth-order valence-electron chi connectivity index (χ4n) is 2.04. The normalized spacial score (nSPS) is 12.4. The molecular weight excluding hydrogens is 282 g/mol. The zero-order valence-electron chi connectivity index (χ0n) is 13.5. The van der Waals surface area contributed by atoms with Gasteiger partial charge in [-0.15, -0.1) is 11.8 Å². The number of aryl methyl sites for hydroxylation is 1. The van der Waals surface area contributed by atoms with Gasteiger partial charge in [0.15, 0.2) is 0 Å². The summed E-state index contributed by atoms with van der Waals surface area (Å²) in [5.41, 5.74) is 8.26. The van der Waals surface area contributed by atoms with Gasteiger partial charge in [-0.2, -0.15) is 0 Å². The molecule has 4 nitrogen and oxygen atoms in total. The van der Waals surface area contributed by atoms with Crippen LogP contribution in [0.3, 0.4) is 0 Å². The average molecular weight is 309 g/mol. The van der Waals surface area contributed by atoms with Crippen LogP contribution < -0.4 is 11.1 Å². The van der Waals surface area contributed by atoms with Gasteiger partial charge >= 0.3 is 0 Å². The van der Waals surface area contributed by atoms with E-state index in [0.717, 1.165) is 36.6 Å². The Kier molecular flexibility index (Phi) is 7.61. The predicted octanol–water partition coefficient (Wildman–Crippen LogP) is 2.98. The number of nitrogens with zero attached hydrogens (tertiary/aromatic N) is 1. The van der Waals surface area contributed by atoms with Gasteiger partial charge < -0.3 is 16.0 Å². The minimum absolute atomic E-state index is 0.0485. The van der Waals surface area contributed by atoms with E-state index in [4.69, 9.17) is 5.73 Å². The largest absolute Gasteiger partial charge is 0.399 e. The molecule has 1 atom stereocenters. The van der Waals surface area contributed by atoms with Gasteiger partial charge in [0.25, 0.3) is 0 Å². The molecule has 0 aromatic heterocycles. The molecule has 1 aromatic carbocycles. The van der Waals surface area contributed by atoms with E-state index < -0.39 is 0 Å². The summed E-state index contributed by atoms with van der Waals surface area (Å²) in [4.78, 5) is 14.6. The third kappa shape index (κ3) is 5.98. The number of anilines is 2. The molecule has 0 radical (unpaired) electrons. The molecule has 0 aliphatic carbocycles. The second-order valence-corrected chi connectivity index (χ2v) is 6.55. The lowest BCUT2D eigenvalue weighted by Crippen LogP contribution is -2.28. The summed E-state index contributed by atoms with van der Waals surface area (Å²) < 4.78 is 0. The van der Waals surface area contributed by atoms with Gasteiger partial charge in [-0.05, 0) is 50.7 Å². The molecule has 0 aliphatic heterocycles. The number of nitrogens with one attached hydrogen (secondary N) is 1. The van der Waals surface area contributed by atoms with Gasteiger partial charge in [0, 0.05) is 23.7 Å². The van der Waals surface area contributed by atoms with Gasteiger partial charge in [0.2, 0.25) is 5.91 Å². The number of thioether (sulfide) groups is 1. The Morgan fingerprint density at radius 3 is 2.62 bits per heavy atom. The maximum Gasteiger partial charge on any atom is 0.237 e. The van der Waals surface area contributed by atoms with Crippen molar-refractivity contribution in [2.75, 3.05) is 36.4 Å². The molecule has 118 valence electrons. The van der Waals surface area contributed by atoms with Gasteiger partial charge in [-0.1, -0.05) is 13.8 Å². The van der Waals surface area contributed by atoms with Crippen molar-refractivity contribution in [1.82, 2.24) is 4.90 Å². The first-order valence-corrected chi connectivity index (χ1v) is 8.53. The molecule has 0 bridgehead atoms. The lowest BCUT2D eigenvalue weighted by Gasteiger charge is -2.19. The van der Waals surface area contributed by atoms with E-state index in [1.54, 1.807) is 17.8 Å². The molecule has 1 unspecified atom stereocenters. The molecule has 0 spiro atoms. The highest BCUT2D eigenvalue weighted by atomic mass is 32.2. The summed E-state index contributed by atoms with van der Waals surface area (Å²) in [6.45, 7) is 11.4. The fourth-order valence-corrected chi connectivity index (χ4v) is 2.96. The molecule has 0 fully saturated rings. The third-order valence-corrected chi connectivity index (χ3v) is 4.68. The molecule has 1 aromatic rings. The number of carbonyl (C=O) groups excluding carboxylic acids is 1. The summed E-state index contributed by atoms with van der Waals surface area (Å²) in [5.74, 6) is 1.02. The van der Waals surface area contributed by atoms with Crippen molar-refractivity contribution in [2.45, 2.75) is 32.9 Å². The molecule has 0 heterocycles. The van der Waals surface area contributed by atoms with E-state index in [0.29, 0.717) is 5.69 Å². The molecular formula is C16H27N3OS. The van der Waals surface area contributed by atoms with E-state index in [9.17, 15) is 4.79 Å². The van der Waals surface area contributed by atoms with Gasteiger partial charge in [0.05, 0.1) is 5.25 Å². The number of hydrogen-bond donors (Lipinski definition) is 2. The second-order valence-electron chi connectivity index (χ2n) is 5.10. The van der Waals surface area contributed by atoms with Crippen LogP contribution in [0, 0.1) is 6.92 Å². The van der Waals surface area contributed by atoms with Crippen LogP contribution >= 0.6 is 11.8 Å². The quantitative estimate of drug-likeness (QED) is 0.725. The lowest BCUT2D eigenvalue weighted by molar-refractivity contribution is -0.115. The zero-order valence-corrected chi connectivity index (χ0v) is 14.3. The highest BCUT2D eigenvalue weighted by molar-refractivity contribution is 8.00. The molecule has 0 aliphatic rings. The van der Waals surface area contributed by atoms with E-state index in [1.165, 1.54) is 0 Å². The van der Waals surface area contributed by atoms with Crippen molar-refractivity contribution in [2.24, 2.45) is 0 Å². The molecule has 0 saturated heterocycles. The van der Waals surface area contributed by atoms with E-state index in [2.05, 4.69) is 24.1 Å². The minimum atomic E-state index is -0.0579. The first kappa shape index (κ1) is 17.9. The summed E-state index contributed by atoms with van der Waals surface area (Å²) in [7, 11) is 0. The van der Waals surface area contributed by atoms with Crippen LogP contribution in [-0.2, 0) is 4.79 Å². The summed E-state index contributed by atoms with van der Waals surface area (Å²) >= 11 is 1.69. The van der Waals surface area contributed by atoms with Crippen molar-refractivity contribution in [3.63, 3.8) is 0 Å². The van der Waals surface area contributed by atoms with Crippen LogP contribution in [0.5, 0.6) is 0 Å². The van der Waals surface area contributed by atoms with Crippen LogP contribution in [0.25, 0.3) is 0 Å². The SMILES string of the molecule is CCN(CC)CCSC(C)C(=O)Nc1ccc(N)cc1C. The molecule has 0 saturated carbocycles. The van der Waals surface area contributed by atoms with E-state index in [1.807, 2.05) is 26.0 Å². The first-order valence-electron chi connectivity index (χ1n) is 7.48. The molecule has 1 rings (SSSR count). The predicted molar refractivity (Wildman–Crippen MR) is 93.9 cm³/mol. The number of amides is 1. The van der Waals surface area contributed by atoms with Crippen molar-refractivity contribution >= 4 is 29.0 Å². The fraction of sp³-hybridized carbons (Fsp3) is 0.562. The highest BCUT2D eigenvalue weighted by Crippen LogP contribution is 2.19. The van der Waals surface area contributed by atoms with Crippen molar-refractivity contribution in [1.29, 1.82) is 0 Å². The topological polar surface area (TPSA) is 58.4 Å². The third-order valence-electron chi connectivity index (χ3n) is 3.55. The zero-order chi connectivity index (χ0) is 15.8. The average Bonchev–Trinajstić information content (AvgIpc) is 2.46. The van der Waals surface area contributed by atoms with Crippen LogP contribution in [-0.4, -0.2) is 41.4 Å². The van der Waals surface area contributed by atoms with E-state index >= 15 is 0 Å². The Morgan fingerprint density at radius 2 is 2.05 bits per heavy atom. The van der Waals surface area contributed by atoms with Crippen LogP contribution in [0.4, 0.5) is 11.4 Å². The number of benzene rings is 1. The lowest BCUT2D eigenvalue weighted by atomic mass is 10.2. The Bertz CT molecular complexity index is 461. The van der Waals surface area contributed by atoms with Gasteiger partial charge in [-0.25, -0.2) is 0 Å². The maximum atomic E-state index is 12.2. The molecule has 3 N–H and O–H groups in total. The summed E-state index contributed by atoms with van der Waals surface area (Å²) in [6, 6.07) is 5.53. The van der Waals surface area contributed by atoms with Gasteiger partial charge in [-0.3, -0.25) is 4.79 Å². The molecule has 21 heavy (non-hydrogen) atoms. The number of rotatable bonds is 8. The standard InChI is InChI=1S/C16H27N3OS/c1-5-19(6-2)9-10-21-13(4)16(20)18-15-8-7-14(17)11-12(15)3/h7-8,11,13H,5-6,9-10,17H2,1-4H3,(H,18,20). The Balaban J connectivity index is 2.44. The number of hydrogen-bond acceptors (Lipinski definition) is 4. The Morgan fingerprint density at radius 1 is 1.38 bits per heavy atom. The van der Waals surface area contributed by atoms with E-state index in [-0.39, 0.29) is 11.2 Å². The number of nitrogens with two attached hydrogens (primary N) is 1. The van der Waals surface area contributed by atoms with Crippen molar-refractivity contribution in [3.8, 4) is 0 Å². The van der Waals surface area contributed by atoms with Crippen LogP contribution in [0.1, 0.15) is 26.3 Å². The summed E-state index contributed by atoms with van der Waals surface area (Å²) in [6.07, 6.45) is 0. The number of carbonyl (C=O) groups is 1. The Hall–Kier alpha value is -1.20. The second kappa shape index (κ2) is 8.95. The smallest absolute Gasteiger partial charge is 0.237 e. The Labute approximate surface area is 132 Å². The van der Waals surface area contributed by atoms with Crippen molar-refractivity contribution < 1.29 is 4.79 Å². The van der Waals surface area contributed by atoms with Crippen LogP contribution in [0.15, 0.2) is 18.2 Å². The van der Waals surface area contributed by atoms with Crippen molar-refractivity contribution in [3.05, 3.63) is 23.8 Å². The van der Waals surface area contributed by atoms with Gasteiger partial charge in [0.1, 0.15) is 0 Å². The maximum absolute atomic E-state index is 12.2. The van der Waals surface area contributed by atoms with Crippen LogP contribution in [0.2, 0.25) is 0 Å². The monoisotopic (exact) mass is 309 g/mol. The highest BCUT2D eigenvalue weighted by Gasteiger charge is 2.14. The molecule has 5 heteroatoms. The molecule has 1 amide bonds.